The molecule has 0 unspecified atom stereocenters. The van der Waals surface area contributed by atoms with Crippen LogP contribution in [0.3, 0.4) is 0 Å². The summed E-state index contributed by atoms with van der Waals surface area (Å²) in [6, 6.07) is 3.61. The quantitative estimate of drug-likeness (QED) is 0.846. The number of carbonyl (C=O) groups is 1. The molecule has 0 aliphatic rings. The molecule has 0 heterocycles. The highest BCUT2D eigenvalue weighted by Gasteiger charge is 2.18. The van der Waals surface area contributed by atoms with Crippen molar-refractivity contribution in [1.82, 2.24) is 0 Å². The van der Waals surface area contributed by atoms with E-state index in [-0.39, 0.29) is 28.3 Å². The van der Waals surface area contributed by atoms with Crippen LogP contribution in [0.15, 0.2) is 12.1 Å². The highest BCUT2D eigenvalue weighted by Crippen LogP contribution is 2.25. The highest BCUT2D eigenvalue weighted by molar-refractivity contribution is 6.17. The molecule has 17 heavy (non-hydrogen) atoms. The Balaban J connectivity index is 3.35. The average molecular weight is 262 g/mol. The number of hydrogen-bond donors (Lipinski definition) is 1. The standard InChI is InChI=1S/C10H6ClF2NO3/c11-3-5-1-7(17-10(12)13)2-6(4-14)8(5)9(15)16/h1-2,10H,3H2,(H,15,16). The number of ether oxygens (including phenoxy) is 1. The molecule has 1 aromatic rings. The van der Waals surface area contributed by atoms with Crippen LogP contribution < -0.4 is 4.74 Å². The molecule has 1 aromatic carbocycles. The summed E-state index contributed by atoms with van der Waals surface area (Å²) >= 11 is 5.50. The lowest BCUT2D eigenvalue weighted by molar-refractivity contribution is -0.0498. The minimum absolute atomic E-state index is 0.0499. The summed E-state index contributed by atoms with van der Waals surface area (Å²) in [6.07, 6.45) is 0. The molecule has 0 saturated carbocycles. The van der Waals surface area contributed by atoms with E-state index in [0.717, 1.165) is 12.1 Å². The van der Waals surface area contributed by atoms with Gasteiger partial charge in [0, 0.05) is 5.88 Å². The summed E-state index contributed by atoms with van der Waals surface area (Å²) in [7, 11) is 0. The molecule has 0 saturated heterocycles. The number of aromatic carboxylic acids is 1. The van der Waals surface area contributed by atoms with Crippen molar-refractivity contribution in [1.29, 1.82) is 5.26 Å². The first-order valence-electron chi connectivity index (χ1n) is 4.30. The molecule has 0 aliphatic carbocycles. The molecule has 1 rings (SSSR count). The van der Waals surface area contributed by atoms with Crippen LogP contribution in [0.4, 0.5) is 8.78 Å². The van der Waals surface area contributed by atoms with Crippen molar-refractivity contribution in [3.8, 4) is 11.8 Å². The zero-order valence-electron chi connectivity index (χ0n) is 8.28. The van der Waals surface area contributed by atoms with E-state index in [1.165, 1.54) is 0 Å². The maximum atomic E-state index is 12.0. The van der Waals surface area contributed by atoms with Gasteiger partial charge in [-0.3, -0.25) is 0 Å². The van der Waals surface area contributed by atoms with E-state index in [0.29, 0.717) is 0 Å². The third-order valence-electron chi connectivity index (χ3n) is 1.90. The van der Waals surface area contributed by atoms with Gasteiger partial charge in [-0.2, -0.15) is 14.0 Å². The predicted molar refractivity (Wildman–Crippen MR) is 54.3 cm³/mol. The molecule has 0 bridgehead atoms. The lowest BCUT2D eigenvalue weighted by Gasteiger charge is -2.09. The number of rotatable bonds is 4. The first-order valence-corrected chi connectivity index (χ1v) is 4.84. The molecule has 1 N–H and O–H groups in total. The lowest BCUT2D eigenvalue weighted by atomic mass is 10.0. The molecule has 0 aliphatic heterocycles. The van der Waals surface area contributed by atoms with Crippen molar-refractivity contribution < 1.29 is 23.4 Å². The van der Waals surface area contributed by atoms with E-state index < -0.39 is 12.6 Å². The third kappa shape index (κ3) is 3.04. The molecule has 0 atom stereocenters. The Hall–Kier alpha value is -1.87. The zero-order chi connectivity index (χ0) is 13.0. The fraction of sp³-hybridized carbons (Fsp3) is 0.200. The van der Waals surface area contributed by atoms with Gasteiger partial charge in [-0.1, -0.05) is 0 Å². The number of alkyl halides is 3. The third-order valence-corrected chi connectivity index (χ3v) is 2.18. The van der Waals surface area contributed by atoms with Crippen LogP contribution in [0.5, 0.6) is 5.75 Å². The van der Waals surface area contributed by atoms with Crippen molar-refractivity contribution in [3.63, 3.8) is 0 Å². The van der Waals surface area contributed by atoms with Crippen molar-refractivity contribution in [2.75, 3.05) is 0 Å². The van der Waals surface area contributed by atoms with Gasteiger partial charge in [0.2, 0.25) is 0 Å². The summed E-state index contributed by atoms with van der Waals surface area (Å²) in [5.41, 5.74) is -0.524. The van der Waals surface area contributed by atoms with E-state index in [2.05, 4.69) is 4.74 Å². The number of carboxylic acids is 1. The van der Waals surface area contributed by atoms with Crippen LogP contribution in [0.1, 0.15) is 21.5 Å². The maximum Gasteiger partial charge on any atom is 0.387 e. The van der Waals surface area contributed by atoms with E-state index in [9.17, 15) is 13.6 Å². The molecule has 0 aromatic heterocycles. The molecule has 0 fully saturated rings. The largest absolute Gasteiger partial charge is 0.478 e. The SMILES string of the molecule is N#Cc1cc(OC(F)F)cc(CCl)c1C(=O)O. The van der Waals surface area contributed by atoms with Crippen molar-refractivity contribution in [2.24, 2.45) is 0 Å². The van der Waals surface area contributed by atoms with Crippen LogP contribution in [0, 0.1) is 11.3 Å². The topological polar surface area (TPSA) is 70.3 Å². The van der Waals surface area contributed by atoms with Gasteiger partial charge in [0.15, 0.2) is 0 Å². The number of carboxylic acid groups (broad SMARTS) is 1. The van der Waals surface area contributed by atoms with Gasteiger partial charge in [0.05, 0.1) is 11.1 Å². The Bertz CT molecular complexity index is 485. The summed E-state index contributed by atoms with van der Waals surface area (Å²) in [6.45, 7) is -3.06. The monoisotopic (exact) mass is 261 g/mol. The minimum atomic E-state index is -3.06. The van der Waals surface area contributed by atoms with Gasteiger partial charge in [-0.25, -0.2) is 4.79 Å². The van der Waals surface area contributed by atoms with Crippen LogP contribution in [-0.2, 0) is 5.88 Å². The second-order valence-corrected chi connectivity index (χ2v) is 3.20. The Kier molecular flexibility index (Phi) is 4.24. The number of halogens is 3. The first-order chi connectivity index (χ1) is 7.99. The number of nitriles is 1. The van der Waals surface area contributed by atoms with E-state index in [1.54, 1.807) is 6.07 Å². The lowest BCUT2D eigenvalue weighted by Crippen LogP contribution is -2.08. The number of nitrogens with zero attached hydrogens (tertiary/aromatic N) is 1. The molecular formula is C10H6ClF2NO3. The molecule has 7 heteroatoms. The second kappa shape index (κ2) is 5.46. The Morgan fingerprint density at radius 1 is 1.59 bits per heavy atom. The van der Waals surface area contributed by atoms with Crippen molar-refractivity contribution in [2.45, 2.75) is 12.5 Å². The van der Waals surface area contributed by atoms with Crippen LogP contribution in [0.25, 0.3) is 0 Å². The van der Waals surface area contributed by atoms with Gasteiger partial charge in [0.25, 0.3) is 0 Å². The number of hydrogen-bond acceptors (Lipinski definition) is 3. The Morgan fingerprint density at radius 2 is 2.24 bits per heavy atom. The smallest absolute Gasteiger partial charge is 0.387 e. The predicted octanol–water partition coefficient (Wildman–Crippen LogP) is 2.60. The molecule has 0 amide bonds. The zero-order valence-corrected chi connectivity index (χ0v) is 9.04. The summed E-state index contributed by atoms with van der Waals surface area (Å²) in [5.74, 6) is -1.87. The highest BCUT2D eigenvalue weighted by atomic mass is 35.5. The first kappa shape index (κ1) is 13.2. The second-order valence-electron chi connectivity index (χ2n) is 2.93. The molecule has 90 valence electrons. The normalized spacial score (nSPS) is 10.1. The maximum absolute atomic E-state index is 12.0. The van der Waals surface area contributed by atoms with Gasteiger partial charge in [-0.05, 0) is 17.7 Å². The molecular weight excluding hydrogens is 256 g/mol. The van der Waals surface area contributed by atoms with Gasteiger partial charge >= 0.3 is 12.6 Å². The van der Waals surface area contributed by atoms with Crippen molar-refractivity contribution >= 4 is 17.6 Å². The fourth-order valence-corrected chi connectivity index (χ4v) is 1.50. The molecule has 4 nitrogen and oxygen atoms in total. The van der Waals surface area contributed by atoms with Gasteiger partial charge < -0.3 is 9.84 Å². The summed E-state index contributed by atoms with van der Waals surface area (Å²) in [5, 5.41) is 17.6. The van der Waals surface area contributed by atoms with Crippen molar-refractivity contribution in [3.05, 3.63) is 28.8 Å². The summed E-state index contributed by atoms with van der Waals surface area (Å²) < 4.78 is 28.1. The van der Waals surface area contributed by atoms with E-state index in [1.807, 2.05) is 0 Å². The van der Waals surface area contributed by atoms with Crippen LogP contribution >= 0.6 is 11.6 Å². The summed E-state index contributed by atoms with van der Waals surface area (Å²) in [4.78, 5) is 10.9. The Labute approximate surface area is 100.0 Å². The van der Waals surface area contributed by atoms with Crippen LogP contribution in [0.2, 0.25) is 0 Å². The van der Waals surface area contributed by atoms with Gasteiger partial charge in [-0.15, -0.1) is 11.6 Å². The van der Waals surface area contributed by atoms with Crippen LogP contribution in [-0.4, -0.2) is 17.7 Å². The van der Waals surface area contributed by atoms with E-state index in [4.69, 9.17) is 22.0 Å². The molecule has 0 spiro atoms. The van der Waals surface area contributed by atoms with Gasteiger partial charge in [0.1, 0.15) is 11.8 Å². The Morgan fingerprint density at radius 3 is 2.65 bits per heavy atom. The molecule has 0 radical (unpaired) electrons. The number of benzene rings is 1. The van der Waals surface area contributed by atoms with E-state index >= 15 is 0 Å². The fourth-order valence-electron chi connectivity index (χ4n) is 1.29. The minimum Gasteiger partial charge on any atom is -0.478 e. The average Bonchev–Trinajstić information content (AvgIpc) is 2.26.